The summed E-state index contributed by atoms with van der Waals surface area (Å²) in [6.45, 7) is 4.57. The van der Waals surface area contributed by atoms with E-state index in [4.69, 9.17) is 11.1 Å². The average Bonchev–Trinajstić information content (AvgIpc) is 3.12. The van der Waals surface area contributed by atoms with Crippen molar-refractivity contribution in [3.05, 3.63) is 83.3 Å². The quantitative estimate of drug-likeness (QED) is 0.262. The minimum absolute atomic E-state index is 0.200. The molecule has 2 heterocycles. The number of anilines is 1. The fraction of sp³-hybridized carbons (Fsp3) is 0.185. The molecule has 0 unspecified atom stereocenters. The highest BCUT2D eigenvalue weighted by molar-refractivity contribution is 6.04. The highest BCUT2D eigenvalue weighted by Gasteiger charge is 2.31. The first-order valence-electron chi connectivity index (χ1n) is 10.8. The first kappa shape index (κ1) is 22.7. The van der Waals surface area contributed by atoms with Gasteiger partial charge in [-0.1, -0.05) is 32.0 Å². The van der Waals surface area contributed by atoms with E-state index >= 15 is 0 Å². The smallest absolute Gasteiger partial charge is 0.335 e. The number of fused-ring (bicyclic) bond motifs is 1. The third kappa shape index (κ3) is 4.02. The van der Waals surface area contributed by atoms with E-state index in [1.165, 1.54) is 6.21 Å². The molecule has 7 heteroatoms. The molecule has 4 aromatic rings. The Labute approximate surface area is 197 Å². The molecule has 0 amide bonds. The number of pyridine rings is 1. The lowest BCUT2D eigenvalue weighted by Crippen LogP contribution is -2.22. The predicted octanol–water partition coefficient (Wildman–Crippen LogP) is 5.22. The van der Waals surface area contributed by atoms with Gasteiger partial charge in [-0.2, -0.15) is 5.26 Å². The molecule has 170 valence electrons. The molecule has 0 aliphatic heterocycles. The lowest BCUT2D eigenvalue weighted by molar-refractivity contribution is 0.0697. The fourth-order valence-electron chi connectivity index (χ4n) is 4.45. The molecule has 4 rings (SSSR count). The van der Waals surface area contributed by atoms with E-state index in [1.807, 2.05) is 44.3 Å². The number of carboxylic acid groups (broad SMARTS) is 1. The second kappa shape index (κ2) is 8.83. The van der Waals surface area contributed by atoms with E-state index < -0.39 is 11.4 Å². The molecule has 2 aromatic heterocycles. The molecule has 0 aliphatic rings. The van der Waals surface area contributed by atoms with Crippen molar-refractivity contribution < 1.29 is 9.90 Å². The van der Waals surface area contributed by atoms with Crippen LogP contribution in [0.3, 0.4) is 0 Å². The van der Waals surface area contributed by atoms with E-state index in [2.05, 4.69) is 15.6 Å². The molecule has 0 bridgehead atoms. The lowest BCUT2D eigenvalue weighted by atomic mass is 9.81. The van der Waals surface area contributed by atoms with Gasteiger partial charge in [-0.15, -0.1) is 0 Å². The van der Waals surface area contributed by atoms with Crippen LogP contribution in [0.1, 0.15) is 47.4 Å². The number of nitrogens with zero attached hydrogens (tertiary/aromatic N) is 3. The number of aromatic carboxylic acids is 1. The first-order chi connectivity index (χ1) is 16.3. The number of nitrogens with one attached hydrogen (secondary N) is 1. The number of carbonyl (C=O) groups is 1. The van der Waals surface area contributed by atoms with Crippen LogP contribution in [-0.2, 0) is 12.0 Å². The van der Waals surface area contributed by atoms with Gasteiger partial charge in [0.1, 0.15) is 0 Å². The van der Waals surface area contributed by atoms with Crippen LogP contribution in [0.4, 0.5) is 5.69 Å². The monoisotopic (exact) mass is 451 g/mol. The van der Waals surface area contributed by atoms with Gasteiger partial charge < -0.3 is 20.8 Å². The Morgan fingerprint density at radius 1 is 1.26 bits per heavy atom. The summed E-state index contributed by atoms with van der Waals surface area (Å²) < 4.78 is 2.16. The van der Waals surface area contributed by atoms with Crippen molar-refractivity contribution in [3.8, 4) is 17.2 Å². The van der Waals surface area contributed by atoms with Crippen LogP contribution in [0, 0.1) is 16.7 Å². The summed E-state index contributed by atoms with van der Waals surface area (Å²) in [5, 5.41) is 27.7. The van der Waals surface area contributed by atoms with Gasteiger partial charge in [0.25, 0.3) is 0 Å². The van der Waals surface area contributed by atoms with Gasteiger partial charge >= 0.3 is 5.97 Å². The van der Waals surface area contributed by atoms with Gasteiger partial charge in [-0.3, -0.25) is 4.98 Å². The van der Waals surface area contributed by atoms with Crippen LogP contribution in [-0.4, -0.2) is 26.8 Å². The number of nitrogen functional groups attached to an aromatic ring is 1. The number of rotatable bonds is 7. The number of hydrogen-bond acceptors (Lipinski definition) is 5. The third-order valence-corrected chi connectivity index (χ3v) is 6.07. The Hall–Kier alpha value is -4.44. The summed E-state index contributed by atoms with van der Waals surface area (Å²) in [4.78, 5) is 15.7. The Bertz CT molecular complexity index is 1430. The molecular formula is C27H25N5O2. The normalized spacial score (nSPS) is 11.3. The van der Waals surface area contributed by atoms with Crippen LogP contribution in [0.25, 0.3) is 22.0 Å². The van der Waals surface area contributed by atoms with Crippen LogP contribution < -0.4 is 5.73 Å². The number of hydrogen-bond donors (Lipinski definition) is 3. The van der Waals surface area contributed by atoms with Crippen LogP contribution in [0.5, 0.6) is 0 Å². The van der Waals surface area contributed by atoms with Crippen molar-refractivity contribution in [1.29, 1.82) is 10.7 Å². The molecule has 0 aliphatic carbocycles. The summed E-state index contributed by atoms with van der Waals surface area (Å²) in [6, 6.07) is 16.7. The van der Waals surface area contributed by atoms with Crippen molar-refractivity contribution in [1.82, 2.24) is 9.55 Å². The van der Waals surface area contributed by atoms with Crippen molar-refractivity contribution in [3.63, 3.8) is 0 Å². The highest BCUT2D eigenvalue weighted by Crippen LogP contribution is 2.44. The van der Waals surface area contributed by atoms with Gasteiger partial charge in [0.2, 0.25) is 0 Å². The molecule has 0 atom stereocenters. The largest absolute Gasteiger partial charge is 0.478 e. The van der Waals surface area contributed by atoms with E-state index in [1.54, 1.807) is 30.5 Å². The second-order valence-corrected chi connectivity index (χ2v) is 8.91. The summed E-state index contributed by atoms with van der Waals surface area (Å²) in [6.07, 6.45) is 5.05. The standard InChI is InChI=1S/C27H25N5O2/c1-27(2,9-10-28)25-24(18-5-7-19(8-6-18)26(33)34)21-13-22(30)20(14-29)12-23(21)32(25)16-17-4-3-11-31-15-17/h3-8,11-15,29H,9,16,30H2,1-2H3,(H,33,34). The van der Waals surface area contributed by atoms with E-state index in [0.29, 0.717) is 17.8 Å². The molecule has 4 N–H and O–H groups in total. The molecule has 7 nitrogen and oxygen atoms in total. The third-order valence-electron chi connectivity index (χ3n) is 6.07. The predicted molar refractivity (Wildman–Crippen MR) is 133 cm³/mol. The van der Waals surface area contributed by atoms with E-state index in [9.17, 15) is 15.2 Å². The Kier molecular flexibility index (Phi) is 5.91. The second-order valence-electron chi connectivity index (χ2n) is 8.91. The summed E-state index contributed by atoms with van der Waals surface area (Å²) in [5.74, 6) is -0.990. The van der Waals surface area contributed by atoms with Crippen molar-refractivity contribution in [2.75, 3.05) is 5.73 Å². The van der Waals surface area contributed by atoms with Crippen molar-refractivity contribution in [2.24, 2.45) is 0 Å². The van der Waals surface area contributed by atoms with Crippen molar-refractivity contribution in [2.45, 2.75) is 32.2 Å². The number of nitrogens with two attached hydrogens (primary N) is 1. The minimum Gasteiger partial charge on any atom is -0.478 e. The van der Waals surface area contributed by atoms with E-state index in [0.717, 1.165) is 33.3 Å². The topological polar surface area (TPSA) is 129 Å². The Morgan fingerprint density at radius 2 is 2.00 bits per heavy atom. The molecule has 34 heavy (non-hydrogen) atoms. The fourth-order valence-corrected chi connectivity index (χ4v) is 4.45. The van der Waals surface area contributed by atoms with Gasteiger partial charge in [0.05, 0.1) is 11.6 Å². The molecular weight excluding hydrogens is 426 g/mol. The van der Waals surface area contributed by atoms with Gasteiger partial charge in [0.15, 0.2) is 0 Å². The Balaban J connectivity index is 2.11. The van der Waals surface area contributed by atoms with Crippen LogP contribution >= 0.6 is 0 Å². The van der Waals surface area contributed by atoms with E-state index in [-0.39, 0.29) is 12.0 Å². The van der Waals surface area contributed by atoms with Crippen LogP contribution in [0.15, 0.2) is 60.9 Å². The van der Waals surface area contributed by atoms with Gasteiger partial charge in [0, 0.05) is 70.4 Å². The SMILES string of the molecule is CC(C)(CC#N)c1c(-c2ccc(C(=O)O)cc2)c2cc(N)c(C=N)cc2n1Cc1cccnc1. The Morgan fingerprint density at radius 3 is 2.59 bits per heavy atom. The average molecular weight is 452 g/mol. The molecule has 0 fully saturated rings. The minimum atomic E-state index is -0.990. The molecule has 2 aromatic carbocycles. The van der Waals surface area contributed by atoms with Crippen LogP contribution in [0.2, 0.25) is 0 Å². The number of benzene rings is 2. The molecule has 0 radical (unpaired) electrons. The number of carboxylic acids is 1. The maximum absolute atomic E-state index is 11.4. The van der Waals surface area contributed by atoms with Crippen molar-refractivity contribution >= 4 is 28.8 Å². The lowest BCUT2D eigenvalue weighted by Gasteiger charge is -2.26. The van der Waals surface area contributed by atoms with Gasteiger partial charge in [-0.25, -0.2) is 4.79 Å². The summed E-state index contributed by atoms with van der Waals surface area (Å²) in [5.41, 5.74) is 11.6. The summed E-state index contributed by atoms with van der Waals surface area (Å²) in [7, 11) is 0. The molecule has 0 saturated heterocycles. The zero-order chi connectivity index (χ0) is 24.5. The molecule has 0 spiro atoms. The summed E-state index contributed by atoms with van der Waals surface area (Å²) >= 11 is 0. The number of aromatic nitrogens is 2. The zero-order valence-corrected chi connectivity index (χ0v) is 19.0. The maximum atomic E-state index is 11.4. The first-order valence-corrected chi connectivity index (χ1v) is 10.8. The zero-order valence-electron chi connectivity index (χ0n) is 19.0. The highest BCUT2D eigenvalue weighted by atomic mass is 16.4. The van der Waals surface area contributed by atoms with Gasteiger partial charge in [-0.05, 0) is 41.5 Å². The maximum Gasteiger partial charge on any atom is 0.335 e. The number of nitriles is 1. The molecule has 0 saturated carbocycles.